The van der Waals surface area contributed by atoms with Crippen molar-refractivity contribution in [3.63, 3.8) is 0 Å². The first kappa shape index (κ1) is 21.0. The number of hydrogen-bond acceptors (Lipinski definition) is 5. The van der Waals surface area contributed by atoms with Gasteiger partial charge < -0.3 is 4.90 Å². The minimum atomic E-state index is -4.56. The third-order valence-electron chi connectivity index (χ3n) is 5.19. The van der Waals surface area contributed by atoms with E-state index < -0.39 is 11.9 Å². The SMILES string of the molecule is FC(F)(F)c1nnc(N2CCN(Cc3ccncc3)CC2)cc1C=Cc1ccccc1. The lowest BCUT2D eigenvalue weighted by Crippen LogP contribution is -2.46. The summed E-state index contributed by atoms with van der Waals surface area (Å²) < 4.78 is 40.3. The summed E-state index contributed by atoms with van der Waals surface area (Å²) in [6.45, 7) is 3.75. The average molecular weight is 425 g/mol. The van der Waals surface area contributed by atoms with Gasteiger partial charge in [-0.3, -0.25) is 9.88 Å². The molecule has 8 heteroatoms. The Kier molecular flexibility index (Phi) is 6.27. The maximum absolute atomic E-state index is 13.4. The standard InChI is InChI=1S/C23H22F3N5/c24-23(25,26)22-20(7-6-18-4-2-1-3-5-18)16-21(28-29-22)31-14-12-30(13-15-31)17-19-8-10-27-11-9-19/h1-11,16H,12-15,17H2. The lowest BCUT2D eigenvalue weighted by atomic mass is 10.1. The number of nitrogens with zero attached hydrogens (tertiary/aromatic N) is 5. The fourth-order valence-corrected chi connectivity index (χ4v) is 3.53. The number of pyridine rings is 1. The molecule has 1 fully saturated rings. The molecule has 0 N–H and O–H groups in total. The third kappa shape index (κ3) is 5.46. The second-order valence-electron chi connectivity index (χ2n) is 7.37. The summed E-state index contributed by atoms with van der Waals surface area (Å²) >= 11 is 0. The Morgan fingerprint density at radius 2 is 1.58 bits per heavy atom. The molecule has 2 aromatic heterocycles. The Labute approximate surface area is 178 Å². The molecule has 31 heavy (non-hydrogen) atoms. The van der Waals surface area contributed by atoms with Gasteiger partial charge in [-0.05, 0) is 29.3 Å². The first-order valence-corrected chi connectivity index (χ1v) is 10.0. The number of hydrogen-bond donors (Lipinski definition) is 0. The monoisotopic (exact) mass is 425 g/mol. The molecule has 1 aromatic carbocycles. The molecule has 0 bridgehead atoms. The molecule has 0 atom stereocenters. The van der Waals surface area contributed by atoms with E-state index in [0.717, 1.165) is 25.2 Å². The van der Waals surface area contributed by atoms with Crippen molar-refractivity contribution in [3.05, 3.63) is 83.3 Å². The molecular weight excluding hydrogens is 403 g/mol. The maximum atomic E-state index is 13.4. The lowest BCUT2D eigenvalue weighted by molar-refractivity contribution is -0.141. The molecular formula is C23H22F3N5. The number of anilines is 1. The number of aromatic nitrogens is 3. The van der Waals surface area contributed by atoms with Crippen molar-refractivity contribution in [1.82, 2.24) is 20.1 Å². The fraction of sp³-hybridized carbons (Fsp3) is 0.261. The summed E-state index contributed by atoms with van der Waals surface area (Å²) in [6.07, 6.45) is 2.09. The van der Waals surface area contributed by atoms with Crippen LogP contribution in [-0.4, -0.2) is 46.3 Å². The van der Waals surface area contributed by atoms with Crippen molar-refractivity contribution in [2.45, 2.75) is 12.7 Å². The quantitative estimate of drug-likeness (QED) is 0.607. The van der Waals surface area contributed by atoms with Crippen molar-refractivity contribution >= 4 is 18.0 Å². The summed E-state index contributed by atoms with van der Waals surface area (Å²) in [5.41, 5.74) is 1.05. The first-order chi connectivity index (χ1) is 15.0. The van der Waals surface area contributed by atoms with E-state index in [2.05, 4.69) is 20.1 Å². The van der Waals surface area contributed by atoms with Crippen LogP contribution in [-0.2, 0) is 12.7 Å². The van der Waals surface area contributed by atoms with Crippen LogP contribution in [0.2, 0.25) is 0 Å². The lowest BCUT2D eigenvalue weighted by Gasteiger charge is -2.35. The summed E-state index contributed by atoms with van der Waals surface area (Å²) in [5, 5.41) is 7.42. The van der Waals surface area contributed by atoms with Crippen LogP contribution >= 0.6 is 0 Å². The number of alkyl halides is 3. The molecule has 3 aromatic rings. The van der Waals surface area contributed by atoms with Crippen LogP contribution < -0.4 is 4.90 Å². The van der Waals surface area contributed by atoms with E-state index in [4.69, 9.17) is 0 Å². The molecule has 4 rings (SSSR count). The Bertz CT molecular complexity index is 1010. The van der Waals surface area contributed by atoms with E-state index in [9.17, 15) is 13.2 Å². The van der Waals surface area contributed by atoms with Gasteiger partial charge in [-0.15, -0.1) is 10.2 Å². The van der Waals surface area contributed by atoms with Gasteiger partial charge in [-0.1, -0.05) is 42.5 Å². The van der Waals surface area contributed by atoms with Gasteiger partial charge in [0.1, 0.15) is 0 Å². The summed E-state index contributed by atoms with van der Waals surface area (Å²) in [6, 6.07) is 14.7. The molecule has 0 amide bonds. The second kappa shape index (κ2) is 9.26. The van der Waals surface area contributed by atoms with E-state index in [1.54, 1.807) is 18.5 Å². The molecule has 1 saturated heterocycles. The van der Waals surface area contributed by atoms with Gasteiger partial charge in [0.05, 0.1) is 0 Å². The van der Waals surface area contributed by atoms with E-state index in [-0.39, 0.29) is 5.56 Å². The molecule has 0 spiro atoms. The van der Waals surface area contributed by atoms with Crippen molar-refractivity contribution in [2.75, 3.05) is 31.1 Å². The fourth-order valence-electron chi connectivity index (χ4n) is 3.53. The Morgan fingerprint density at radius 1 is 0.871 bits per heavy atom. The van der Waals surface area contributed by atoms with Gasteiger partial charge in [-0.25, -0.2) is 0 Å². The van der Waals surface area contributed by atoms with E-state index in [1.807, 2.05) is 47.4 Å². The van der Waals surface area contributed by atoms with Gasteiger partial charge in [0.25, 0.3) is 0 Å². The highest BCUT2D eigenvalue weighted by atomic mass is 19.4. The number of halogens is 3. The highest BCUT2D eigenvalue weighted by molar-refractivity contribution is 5.72. The number of benzene rings is 1. The van der Waals surface area contributed by atoms with Crippen molar-refractivity contribution in [3.8, 4) is 0 Å². The average Bonchev–Trinajstić information content (AvgIpc) is 2.79. The third-order valence-corrected chi connectivity index (χ3v) is 5.19. The van der Waals surface area contributed by atoms with Crippen molar-refractivity contribution in [1.29, 1.82) is 0 Å². The van der Waals surface area contributed by atoms with Gasteiger partial charge in [-0.2, -0.15) is 13.2 Å². The van der Waals surface area contributed by atoms with Crippen LogP contribution in [0.4, 0.5) is 19.0 Å². The van der Waals surface area contributed by atoms with Crippen LogP contribution in [0.5, 0.6) is 0 Å². The zero-order valence-corrected chi connectivity index (χ0v) is 16.8. The van der Waals surface area contributed by atoms with Gasteiger partial charge in [0.15, 0.2) is 11.5 Å². The van der Waals surface area contributed by atoms with Crippen LogP contribution in [0, 0.1) is 0 Å². The summed E-state index contributed by atoms with van der Waals surface area (Å²) in [7, 11) is 0. The van der Waals surface area contributed by atoms with Crippen LogP contribution in [0.1, 0.15) is 22.4 Å². The van der Waals surface area contributed by atoms with Gasteiger partial charge >= 0.3 is 6.18 Å². The number of piperazine rings is 1. The normalized spacial score (nSPS) is 15.5. The molecule has 0 radical (unpaired) electrons. The molecule has 1 aliphatic heterocycles. The van der Waals surface area contributed by atoms with Gasteiger partial charge in [0, 0.05) is 50.7 Å². The Hall–Kier alpha value is -3.26. The minimum absolute atomic E-state index is 0.0144. The predicted molar refractivity (Wildman–Crippen MR) is 114 cm³/mol. The molecule has 160 valence electrons. The molecule has 3 heterocycles. The highest BCUT2D eigenvalue weighted by Crippen LogP contribution is 2.32. The molecule has 5 nitrogen and oxygen atoms in total. The Morgan fingerprint density at radius 3 is 2.26 bits per heavy atom. The smallest absolute Gasteiger partial charge is 0.353 e. The maximum Gasteiger partial charge on any atom is 0.435 e. The van der Waals surface area contributed by atoms with Gasteiger partial charge in [0.2, 0.25) is 0 Å². The molecule has 0 aliphatic carbocycles. The number of rotatable bonds is 5. The zero-order chi connectivity index (χ0) is 21.7. The van der Waals surface area contributed by atoms with Crippen LogP contribution in [0.3, 0.4) is 0 Å². The largest absolute Gasteiger partial charge is 0.435 e. The summed E-state index contributed by atoms with van der Waals surface area (Å²) in [4.78, 5) is 8.32. The molecule has 0 saturated carbocycles. The summed E-state index contributed by atoms with van der Waals surface area (Å²) in [5.74, 6) is 0.462. The van der Waals surface area contributed by atoms with E-state index >= 15 is 0 Å². The molecule has 0 unspecified atom stereocenters. The Balaban J connectivity index is 1.49. The topological polar surface area (TPSA) is 45.2 Å². The van der Waals surface area contributed by atoms with Crippen LogP contribution in [0.25, 0.3) is 12.2 Å². The van der Waals surface area contributed by atoms with E-state index in [1.165, 1.54) is 17.7 Å². The van der Waals surface area contributed by atoms with Crippen LogP contribution in [0.15, 0.2) is 60.9 Å². The molecule has 1 aliphatic rings. The second-order valence-corrected chi connectivity index (χ2v) is 7.37. The van der Waals surface area contributed by atoms with E-state index in [0.29, 0.717) is 18.9 Å². The van der Waals surface area contributed by atoms with Crippen molar-refractivity contribution < 1.29 is 13.2 Å². The zero-order valence-electron chi connectivity index (χ0n) is 16.8. The predicted octanol–water partition coefficient (Wildman–Crippen LogP) is 4.38. The highest BCUT2D eigenvalue weighted by Gasteiger charge is 2.36. The van der Waals surface area contributed by atoms with Crippen molar-refractivity contribution in [2.24, 2.45) is 0 Å². The first-order valence-electron chi connectivity index (χ1n) is 10.0. The minimum Gasteiger partial charge on any atom is -0.353 e.